The summed E-state index contributed by atoms with van der Waals surface area (Å²) in [5.74, 6) is -0.628. The van der Waals surface area contributed by atoms with E-state index in [0.717, 1.165) is 25.6 Å². The van der Waals surface area contributed by atoms with Crippen LogP contribution in [0.3, 0.4) is 0 Å². The Kier molecular flexibility index (Phi) is 2.67. The Morgan fingerprint density at radius 1 is 1.18 bits per heavy atom. The van der Waals surface area contributed by atoms with E-state index in [9.17, 15) is 9.90 Å². The van der Waals surface area contributed by atoms with Gasteiger partial charge in [-0.3, -0.25) is 14.6 Å². The molecular formula is C13H22N2O2. The lowest BCUT2D eigenvalue weighted by Gasteiger charge is -2.26. The Morgan fingerprint density at radius 3 is 2.53 bits per heavy atom. The van der Waals surface area contributed by atoms with E-state index in [0.29, 0.717) is 6.04 Å². The van der Waals surface area contributed by atoms with E-state index >= 15 is 0 Å². The molecule has 0 aromatic heterocycles. The lowest BCUT2D eigenvalue weighted by atomic mass is 9.90. The van der Waals surface area contributed by atoms with Gasteiger partial charge in [0.1, 0.15) is 0 Å². The molecule has 0 aromatic carbocycles. The third-order valence-corrected chi connectivity index (χ3v) is 4.79. The van der Waals surface area contributed by atoms with Crippen molar-refractivity contribution >= 4 is 5.97 Å². The number of carboxylic acid groups (broad SMARTS) is 1. The summed E-state index contributed by atoms with van der Waals surface area (Å²) < 4.78 is 0. The second kappa shape index (κ2) is 3.95. The third-order valence-electron chi connectivity index (χ3n) is 4.79. The first kappa shape index (κ1) is 11.5. The number of hydrogen-bond acceptors (Lipinski definition) is 3. The Balaban J connectivity index is 1.58. The molecule has 1 saturated carbocycles. The molecule has 3 rings (SSSR count). The molecule has 0 radical (unpaired) electrons. The normalized spacial score (nSPS) is 39.9. The molecule has 1 N–H and O–H groups in total. The van der Waals surface area contributed by atoms with Crippen LogP contribution in [-0.4, -0.2) is 59.1 Å². The van der Waals surface area contributed by atoms with E-state index < -0.39 is 11.4 Å². The number of hydrogen-bond donors (Lipinski definition) is 1. The zero-order valence-electron chi connectivity index (χ0n) is 10.6. The van der Waals surface area contributed by atoms with Gasteiger partial charge in [-0.1, -0.05) is 0 Å². The van der Waals surface area contributed by atoms with E-state index in [4.69, 9.17) is 0 Å². The van der Waals surface area contributed by atoms with Gasteiger partial charge >= 0.3 is 5.97 Å². The first-order valence-electron chi connectivity index (χ1n) is 6.80. The van der Waals surface area contributed by atoms with Gasteiger partial charge in [0.05, 0.1) is 5.41 Å². The van der Waals surface area contributed by atoms with Crippen LogP contribution in [0.4, 0.5) is 0 Å². The summed E-state index contributed by atoms with van der Waals surface area (Å²) in [6.07, 6.45) is 4.79. The van der Waals surface area contributed by atoms with Crippen LogP contribution in [-0.2, 0) is 4.79 Å². The molecule has 2 saturated heterocycles. The maximum atomic E-state index is 11.2. The minimum atomic E-state index is -0.628. The van der Waals surface area contributed by atoms with Crippen LogP contribution >= 0.6 is 0 Å². The zero-order valence-corrected chi connectivity index (χ0v) is 10.6. The highest BCUT2D eigenvalue weighted by atomic mass is 16.4. The summed E-state index contributed by atoms with van der Waals surface area (Å²) in [4.78, 5) is 16.2. The largest absolute Gasteiger partial charge is 0.481 e. The molecule has 4 nitrogen and oxygen atoms in total. The van der Waals surface area contributed by atoms with Gasteiger partial charge in [0, 0.05) is 31.7 Å². The molecule has 2 aliphatic heterocycles. The molecule has 3 fully saturated rings. The van der Waals surface area contributed by atoms with Gasteiger partial charge in [-0.25, -0.2) is 0 Å². The summed E-state index contributed by atoms with van der Waals surface area (Å²) in [6.45, 7) is 5.98. The van der Waals surface area contributed by atoms with Gasteiger partial charge in [0.2, 0.25) is 0 Å². The number of likely N-dealkylation sites (tertiary alicyclic amines) is 2. The number of carboxylic acids is 1. The zero-order chi connectivity index (χ0) is 12.0. The summed E-state index contributed by atoms with van der Waals surface area (Å²) in [7, 11) is 0. The predicted octanol–water partition coefficient (Wildman–Crippen LogP) is 1.02. The van der Waals surface area contributed by atoms with Crippen molar-refractivity contribution in [1.82, 2.24) is 9.80 Å². The highest BCUT2D eigenvalue weighted by Crippen LogP contribution is 2.35. The summed E-state index contributed by atoms with van der Waals surface area (Å²) in [5.41, 5.74) is -0.507. The molecule has 0 spiro atoms. The second-order valence-electron chi connectivity index (χ2n) is 6.25. The van der Waals surface area contributed by atoms with E-state index in [2.05, 4.69) is 9.80 Å². The number of nitrogens with zero attached hydrogens (tertiary/aromatic N) is 2. The highest BCUT2D eigenvalue weighted by molar-refractivity contribution is 5.74. The van der Waals surface area contributed by atoms with Gasteiger partial charge < -0.3 is 5.11 Å². The minimum Gasteiger partial charge on any atom is -0.481 e. The average Bonchev–Trinajstić information content (AvgIpc) is 2.88. The fourth-order valence-electron chi connectivity index (χ4n) is 3.32. The van der Waals surface area contributed by atoms with Crippen molar-refractivity contribution in [2.24, 2.45) is 5.41 Å². The van der Waals surface area contributed by atoms with Crippen molar-refractivity contribution < 1.29 is 9.90 Å². The Morgan fingerprint density at radius 2 is 1.94 bits per heavy atom. The van der Waals surface area contributed by atoms with E-state index in [1.807, 2.05) is 6.92 Å². The van der Waals surface area contributed by atoms with Crippen molar-refractivity contribution in [2.75, 3.05) is 26.2 Å². The predicted molar refractivity (Wildman–Crippen MR) is 64.9 cm³/mol. The molecule has 3 aliphatic rings. The first-order valence-corrected chi connectivity index (χ1v) is 6.80. The monoisotopic (exact) mass is 238 g/mol. The molecule has 1 aliphatic carbocycles. The van der Waals surface area contributed by atoms with E-state index in [-0.39, 0.29) is 0 Å². The lowest BCUT2D eigenvalue weighted by molar-refractivity contribution is -0.147. The average molecular weight is 238 g/mol. The van der Waals surface area contributed by atoms with Crippen molar-refractivity contribution in [3.8, 4) is 0 Å². The molecule has 4 heteroatoms. The molecular weight excluding hydrogens is 216 g/mol. The Labute approximate surface area is 103 Å². The Hall–Kier alpha value is -0.610. The maximum absolute atomic E-state index is 11.2. The summed E-state index contributed by atoms with van der Waals surface area (Å²) in [6, 6.07) is 1.46. The minimum absolute atomic E-state index is 0.507. The second-order valence-corrected chi connectivity index (χ2v) is 6.25. The van der Waals surface area contributed by atoms with Crippen LogP contribution in [0.1, 0.15) is 32.6 Å². The summed E-state index contributed by atoms with van der Waals surface area (Å²) in [5, 5.41) is 9.25. The molecule has 2 heterocycles. The number of carbonyl (C=O) groups is 1. The first-order chi connectivity index (χ1) is 8.08. The third kappa shape index (κ3) is 2.08. The van der Waals surface area contributed by atoms with Crippen LogP contribution < -0.4 is 0 Å². The Bertz CT molecular complexity index is 329. The van der Waals surface area contributed by atoms with Crippen molar-refractivity contribution in [1.29, 1.82) is 0 Å². The van der Waals surface area contributed by atoms with Crippen LogP contribution in [0.5, 0.6) is 0 Å². The van der Waals surface area contributed by atoms with Gasteiger partial charge in [-0.15, -0.1) is 0 Å². The molecule has 2 atom stereocenters. The molecule has 17 heavy (non-hydrogen) atoms. The highest BCUT2D eigenvalue weighted by Gasteiger charge is 2.44. The van der Waals surface area contributed by atoms with Gasteiger partial charge in [0.15, 0.2) is 0 Å². The summed E-state index contributed by atoms with van der Waals surface area (Å²) >= 11 is 0. The van der Waals surface area contributed by atoms with Gasteiger partial charge in [-0.2, -0.15) is 0 Å². The maximum Gasteiger partial charge on any atom is 0.310 e. The SMILES string of the molecule is CC1(C(=O)O)CCN(C2CCN(C3CC3)C2)C1. The fourth-order valence-corrected chi connectivity index (χ4v) is 3.32. The van der Waals surface area contributed by atoms with Crippen LogP contribution in [0.15, 0.2) is 0 Å². The van der Waals surface area contributed by atoms with Gasteiger partial charge in [0.25, 0.3) is 0 Å². The van der Waals surface area contributed by atoms with Crippen LogP contribution in [0, 0.1) is 5.41 Å². The molecule has 0 amide bonds. The van der Waals surface area contributed by atoms with Crippen molar-refractivity contribution in [2.45, 2.75) is 44.7 Å². The molecule has 2 unspecified atom stereocenters. The van der Waals surface area contributed by atoms with E-state index in [1.54, 1.807) is 0 Å². The molecule has 0 aromatic rings. The van der Waals surface area contributed by atoms with Crippen molar-refractivity contribution in [3.05, 3.63) is 0 Å². The van der Waals surface area contributed by atoms with Crippen molar-refractivity contribution in [3.63, 3.8) is 0 Å². The fraction of sp³-hybridized carbons (Fsp3) is 0.923. The smallest absolute Gasteiger partial charge is 0.310 e. The molecule has 0 bridgehead atoms. The molecule has 96 valence electrons. The standard InChI is InChI=1S/C13H22N2O2/c1-13(12(16)17)5-7-15(9-13)11-4-6-14(8-11)10-2-3-10/h10-11H,2-9H2,1H3,(H,16,17). The lowest BCUT2D eigenvalue weighted by Crippen LogP contribution is -2.39. The van der Waals surface area contributed by atoms with E-state index in [1.165, 1.54) is 32.4 Å². The quantitative estimate of drug-likeness (QED) is 0.797. The van der Waals surface area contributed by atoms with Crippen LogP contribution in [0.2, 0.25) is 0 Å². The number of aliphatic carboxylic acids is 1. The van der Waals surface area contributed by atoms with Crippen LogP contribution in [0.25, 0.3) is 0 Å². The number of rotatable bonds is 3. The van der Waals surface area contributed by atoms with Gasteiger partial charge in [-0.05, 0) is 39.2 Å². The topological polar surface area (TPSA) is 43.8 Å².